The first kappa shape index (κ1) is 18.3. The minimum Gasteiger partial charge on any atom is -0.341 e. The minimum absolute atomic E-state index is 0.198. The molecule has 2 unspecified atom stereocenters. The monoisotopic (exact) mass is 348 g/mol. The molecular formula is C19H29FN4O. The van der Waals surface area contributed by atoms with Crippen LogP contribution in [0.25, 0.3) is 0 Å². The van der Waals surface area contributed by atoms with Crippen molar-refractivity contribution < 1.29 is 9.18 Å². The Morgan fingerprint density at radius 1 is 1.08 bits per heavy atom. The highest BCUT2D eigenvalue weighted by atomic mass is 19.1. The SMILES string of the molecule is CC1NNC(C)C1CC(=O)N1CCCN(Cc2ccc(F)cc2)CC1. The Morgan fingerprint density at radius 3 is 2.44 bits per heavy atom. The zero-order chi connectivity index (χ0) is 17.8. The Hall–Kier alpha value is -1.50. The maximum absolute atomic E-state index is 13.0. The van der Waals surface area contributed by atoms with Gasteiger partial charge in [-0.3, -0.25) is 20.5 Å². The minimum atomic E-state index is -0.198. The van der Waals surface area contributed by atoms with Gasteiger partial charge in [-0.25, -0.2) is 4.39 Å². The molecule has 2 fully saturated rings. The number of hydrogen-bond donors (Lipinski definition) is 2. The van der Waals surface area contributed by atoms with Crippen molar-refractivity contribution in [3.8, 4) is 0 Å². The van der Waals surface area contributed by atoms with E-state index >= 15 is 0 Å². The molecule has 138 valence electrons. The second-order valence-corrected chi connectivity index (χ2v) is 7.37. The summed E-state index contributed by atoms with van der Waals surface area (Å²) in [7, 11) is 0. The van der Waals surface area contributed by atoms with E-state index in [1.807, 2.05) is 17.0 Å². The van der Waals surface area contributed by atoms with Crippen molar-refractivity contribution in [2.45, 2.75) is 45.3 Å². The first-order chi connectivity index (χ1) is 12.0. The lowest BCUT2D eigenvalue weighted by molar-refractivity contribution is -0.132. The Kier molecular flexibility index (Phi) is 6.04. The lowest BCUT2D eigenvalue weighted by Crippen LogP contribution is -2.38. The number of nitrogens with zero attached hydrogens (tertiary/aromatic N) is 2. The van der Waals surface area contributed by atoms with Crippen LogP contribution in [0.2, 0.25) is 0 Å². The largest absolute Gasteiger partial charge is 0.341 e. The molecule has 1 aromatic carbocycles. The Balaban J connectivity index is 1.50. The highest BCUT2D eigenvalue weighted by Crippen LogP contribution is 2.20. The smallest absolute Gasteiger partial charge is 0.223 e. The zero-order valence-electron chi connectivity index (χ0n) is 15.2. The van der Waals surface area contributed by atoms with Crippen molar-refractivity contribution in [1.29, 1.82) is 0 Å². The van der Waals surface area contributed by atoms with Crippen molar-refractivity contribution >= 4 is 5.91 Å². The third-order valence-corrected chi connectivity index (χ3v) is 5.49. The number of carbonyl (C=O) groups is 1. The molecule has 2 atom stereocenters. The van der Waals surface area contributed by atoms with Gasteiger partial charge in [0.2, 0.25) is 5.91 Å². The summed E-state index contributed by atoms with van der Waals surface area (Å²) in [6.07, 6.45) is 1.58. The fourth-order valence-electron chi connectivity index (χ4n) is 3.82. The third-order valence-electron chi connectivity index (χ3n) is 5.49. The predicted octanol–water partition coefficient (Wildman–Crippen LogP) is 1.75. The number of carbonyl (C=O) groups excluding carboxylic acids is 1. The molecule has 0 aromatic heterocycles. The first-order valence-corrected chi connectivity index (χ1v) is 9.28. The number of hydrazine groups is 1. The van der Waals surface area contributed by atoms with E-state index in [1.54, 1.807) is 0 Å². The molecule has 2 aliphatic rings. The fraction of sp³-hybridized carbons (Fsp3) is 0.632. The van der Waals surface area contributed by atoms with Gasteiger partial charge < -0.3 is 4.90 Å². The van der Waals surface area contributed by atoms with E-state index in [1.165, 1.54) is 12.1 Å². The molecule has 1 amide bonds. The lowest BCUT2D eigenvalue weighted by Gasteiger charge is -2.25. The van der Waals surface area contributed by atoms with E-state index in [-0.39, 0.29) is 11.7 Å². The highest BCUT2D eigenvalue weighted by molar-refractivity contribution is 5.76. The van der Waals surface area contributed by atoms with Crippen LogP contribution in [0.15, 0.2) is 24.3 Å². The average Bonchev–Trinajstić information content (AvgIpc) is 2.79. The van der Waals surface area contributed by atoms with E-state index in [0.29, 0.717) is 24.4 Å². The van der Waals surface area contributed by atoms with Gasteiger partial charge in [0.15, 0.2) is 0 Å². The topological polar surface area (TPSA) is 47.6 Å². The summed E-state index contributed by atoms with van der Waals surface area (Å²) in [5.41, 5.74) is 7.56. The quantitative estimate of drug-likeness (QED) is 0.870. The summed E-state index contributed by atoms with van der Waals surface area (Å²) in [4.78, 5) is 17.1. The Bertz CT molecular complexity index is 569. The van der Waals surface area contributed by atoms with Gasteiger partial charge in [-0.1, -0.05) is 12.1 Å². The van der Waals surface area contributed by atoms with Crippen LogP contribution >= 0.6 is 0 Å². The number of nitrogens with one attached hydrogen (secondary N) is 2. The summed E-state index contributed by atoms with van der Waals surface area (Å²) in [5, 5.41) is 0. The molecule has 0 radical (unpaired) electrons. The molecule has 1 aromatic rings. The first-order valence-electron chi connectivity index (χ1n) is 9.28. The molecule has 3 rings (SSSR count). The maximum atomic E-state index is 13.0. The molecule has 25 heavy (non-hydrogen) atoms. The van der Waals surface area contributed by atoms with Crippen LogP contribution in [0, 0.1) is 11.7 Å². The molecule has 2 saturated heterocycles. The molecule has 2 N–H and O–H groups in total. The molecule has 2 heterocycles. The van der Waals surface area contributed by atoms with Gasteiger partial charge in [-0.15, -0.1) is 0 Å². The number of amides is 1. The van der Waals surface area contributed by atoms with Gasteiger partial charge in [0.05, 0.1) is 0 Å². The van der Waals surface area contributed by atoms with Gasteiger partial charge >= 0.3 is 0 Å². The zero-order valence-corrected chi connectivity index (χ0v) is 15.2. The lowest BCUT2D eigenvalue weighted by atomic mass is 9.92. The number of hydrogen-bond acceptors (Lipinski definition) is 4. The van der Waals surface area contributed by atoms with Crippen LogP contribution in [-0.2, 0) is 11.3 Å². The van der Waals surface area contributed by atoms with Crippen LogP contribution in [0.3, 0.4) is 0 Å². The number of rotatable bonds is 4. The summed E-state index contributed by atoms with van der Waals surface area (Å²) in [6.45, 7) is 8.51. The summed E-state index contributed by atoms with van der Waals surface area (Å²) in [6, 6.07) is 7.34. The van der Waals surface area contributed by atoms with Crippen molar-refractivity contribution in [3.63, 3.8) is 0 Å². The number of benzene rings is 1. The Labute approximate surface area is 149 Å². The van der Waals surface area contributed by atoms with Crippen LogP contribution in [0.4, 0.5) is 4.39 Å². The van der Waals surface area contributed by atoms with Gasteiger partial charge in [0.1, 0.15) is 5.82 Å². The van der Waals surface area contributed by atoms with Crippen molar-refractivity contribution in [1.82, 2.24) is 20.7 Å². The van der Waals surface area contributed by atoms with Crippen LogP contribution < -0.4 is 10.9 Å². The van der Waals surface area contributed by atoms with Crippen LogP contribution in [-0.4, -0.2) is 54.0 Å². The molecule has 0 spiro atoms. The summed E-state index contributed by atoms with van der Waals surface area (Å²) < 4.78 is 13.0. The normalized spacial score (nSPS) is 28.1. The summed E-state index contributed by atoms with van der Waals surface area (Å²) >= 11 is 0. The van der Waals surface area contributed by atoms with E-state index in [9.17, 15) is 9.18 Å². The fourth-order valence-corrected chi connectivity index (χ4v) is 3.82. The third kappa shape index (κ3) is 4.77. The molecule has 6 heteroatoms. The van der Waals surface area contributed by atoms with E-state index in [4.69, 9.17) is 0 Å². The van der Waals surface area contributed by atoms with Gasteiger partial charge in [-0.05, 0) is 38.0 Å². The van der Waals surface area contributed by atoms with E-state index in [2.05, 4.69) is 29.6 Å². The molecule has 0 bridgehead atoms. The number of halogens is 1. The van der Waals surface area contributed by atoms with Crippen LogP contribution in [0.5, 0.6) is 0 Å². The highest BCUT2D eigenvalue weighted by Gasteiger charge is 2.33. The maximum Gasteiger partial charge on any atom is 0.223 e. The molecule has 2 aliphatic heterocycles. The molecule has 0 saturated carbocycles. The molecular weight excluding hydrogens is 319 g/mol. The van der Waals surface area contributed by atoms with Gasteiger partial charge in [0.25, 0.3) is 0 Å². The Morgan fingerprint density at radius 2 is 1.76 bits per heavy atom. The standard InChI is InChI=1S/C19H29FN4O/c1-14-18(15(2)22-21-14)12-19(25)24-9-3-8-23(10-11-24)13-16-4-6-17(20)7-5-16/h4-7,14-15,18,21-22H,3,8-13H2,1-2H3. The molecule has 0 aliphatic carbocycles. The summed E-state index contributed by atoms with van der Waals surface area (Å²) in [5.74, 6) is 0.402. The van der Waals surface area contributed by atoms with Crippen LogP contribution in [0.1, 0.15) is 32.3 Å². The van der Waals surface area contributed by atoms with Crippen molar-refractivity contribution in [3.05, 3.63) is 35.6 Å². The average molecular weight is 348 g/mol. The van der Waals surface area contributed by atoms with Gasteiger partial charge in [-0.2, -0.15) is 0 Å². The second-order valence-electron chi connectivity index (χ2n) is 7.37. The van der Waals surface area contributed by atoms with E-state index < -0.39 is 0 Å². The molecule has 5 nitrogen and oxygen atoms in total. The van der Waals surface area contributed by atoms with E-state index in [0.717, 1.165) is 44.7 Å². The predicted molar refractivity (Wildman–Crippen MR) is 96.2 cm³/mol. The van der Waals surface area contributed by atoms with Crippen molar-refractivity contribution in [2.24, 2.45) is 5.92 Å². The van der Waals surface area contributed by atoms with Gasteiger partial charge in [0, 0.05) is 57.1 Å². The second kappa shape index (κ2) is 8.25. The van der Waals surface area contributed by atoms with Crippen molar-refractivity contribution in [2.75, 3.05) is 26.2 Å².